The van der Waals surface area contributed by atoms with Crippen LogP contribution in [0.15, 0.2) is 18.1 Å². The number of aryl methyl sites for hydroxylation is 1. The van der Waals surface area contributed by atoms with Crippen molar-refractivity contribution >= 4 is 29.3 Å². The number of nitrogens with one attached hydrogen (secondary N) is 1. The van der Waals surface area contributed by atoms with Crippen LogP contribution in [0, 0.1) is 5.92 Å². The van der Waals surface area contributed by atoms with Gasteiger partial charge in [-0.15, -0.1) is 0 Å². The molecule has 5 nitrogen and oxygen atoms in total. The molecule has 1 aliphatic heterocycles. The molecule has 0 aliphatic carbocycles. The molecule has 0 spiro atoms. The number of rotatable bonds is 3. The second-order valence-electron chi connectivity index (χ2n) is 4.75. The third-order valence-corrected chi connectivity index (χ3v) is 2.87. The zero-order valence-corrected chi connectivity index (χ0v) is 11.5. The minimum Gasteiger partial charge on any atom is -0.328 e. The van der Waals surface area contributed by atoms with Crippen molar-refractivity contribution < 1.29 is 4.79 Å². The highest BCUT2D eigenvalue weighted by Gasteiger charge is 2.30. The van der Waals surface area contributed by atoms with Crippen LogP contribution in [-0.2, 0) is 11.8 Å². The minimum absolute atomic E-state index is 0.0717. The monoisotopic (exact) mass is 264 g/mol. The van der Waals surface area contributed by atoms with Gasteiger partial charge in [0.05, 0.1) is 6.20 Å². The highest BCUT2D eigenvalue weighted by Crippen LogP contribution is 2.15. The second kappa shape index (κ2) is 4.89. The zero-order chi connectivity index (χ0) is 13.3. The van der Waals surface area contributed by atoms with Gasteiger partial charge in [0.2, 0.25) is 0 Å². The molecule has 0 saturated carbocycles. The lowest BCUT2D eigenvalue weighted by atomic mass is 10.2. The Bertz CT molecular complexity index is 518. The minimum atomic E-state index is -0.0717. The van der Waals surface area contributed by atoms with Gasteiger partial charge in [-0.3, -0.25) is 14.4 Å². The van der Waals surface area contributed by atoms with Crippen LogP contribution in [0.4, 0.5) is 0 Å². The molecule has 1 aromatic rings. The highest BCUT2D eigenvalue weighted by atomic mass is 32.1. The fraction of sp³-hybridized carbons (Fsp3) is 0.417. The number of aromatic nitrogens is 2. The molecule has 18 heavy (non-hydrogen) atoms. The van der Waals surface area contributed by atoms with Gasteiger partial charge in [0.25, 0.3) is 5.91 Å². The largest absolute Gasteiger partial charge is 0.328 e. The van der Waals surface area contributed by atoms with E-state index in [9.17, 15) is 4.79 Å². The van der Waals surface area contributed by atoms with Crippen molar-refractivity contribution in [2.24, 2.45) is 13.0 Å². The molecule has 1 N–H and O–H groups in total. The van der Waals surface area contributed by atoms with E-state index in [0.29, 0.717) is 23.3 Å². The molecule has 1 aliphatic rings. The Kier molecular flexibility index (Phi) is 3.47. The summed E-state index contributed by atoms with van der Waals surface area (Å²) in [7, 11) is 1.83. The average Bonchev–Trinajstić information content (AvgIpc) is 2.78. The van der Waals surface area contributed by atoms with E-state index >= 15 is 0 Å². The van der Waals surface area contributed by atoms with Crippen molar-refractivity contribution in [1.82, 2.24) is 20.0 Å². The normalized spacial score (nSPS) is 18.0. The van der Waals surface area contributed by atoms with E-state index in [1.807, 2.05) is 13.2 Å². The summed E-state index contributed by atoms with van der Waals surface area (Å²) in [6, 6.07) is 0. The summed E-state index contributed by atoms with van der Waals surface area (Å²) >= 11 is 5.17. The topological polar surface area (TPSA) is 50.2 Å². The van der Waals surface area contributed by atoms with E-state index in [0.717, 1.165) is 5.56 Å². The molecule has 1 saturated heterocycles. The summed E-state index contributed by atoms with van der Waals surface area (Å²) in [5, 5.41) is 7.48. The van der Waals surface area contributed by atoms with Gasteiger partial charge >= 0.3 is 0 Å². The smallest absolute Gasteiger partial charge is 0.276 e. The predicted molar refractivity (Wildman–Crippen MR) is 73.5 cm³/mol. The number of carbonyl (C=O) groups is 1. The fourth-order valence-corrected chi connectivity index (χ4v) is 2.05. The van der Waals surface area contributed by atoms with Crippen LogP contribution in [0.1, 0.15) is 19.4 Å². The Labute approximate surface area is 111 Å². The molecule has 0 unspecified atom stereocenters. The predicted octanol–water partition coefficient (Wildman–Crippen LogP) is 1.13. The number of thiocarbonyl (C=S) groups is 1. The lowest BCUT2D eigenvalue weighted by molar-refractivity contribution is -0.122. The third-order valence-electron chi connectivity index (χ3n) is 2.55. The van der Waals surface area contributed by atoms with Crippen molar-refractivity contribution in [2.45, 2.75) is 13.8 Å². The summed E-state index contributed by atoms with van der Waals surface area (Å²) in [5.41, 5.74) is 1.39. The molecule has 6 heteroatoms. The van der Waals surface area contributed by atoms with Gasteiger partial charge in [0.1, 0.15) is 5.70 Å². The van der Waals surface area contributed by atoms with Gasteiger partial charge in [0, 0.05) is 25.4 Å². The zero-order valence-electron chi connectivity index (χ0n) is 10.7. The summed E-state index contributed by atoms with van der Waals surface area (Å²) in [6.45, 7) is 4.74. The first-order chi connectivity index (χ1) is 8.47. The lowest BCUT2D eigenvalue weighted by Gasteiger charge is -2.15. The molecule has 0 radical (unpaired) electrons. The van der Waals surface area contributed by atoms with Gasteiger partial charge in [-0.1, -0.05) is 13.8 Å². The summed E-state index contributed by atoms with van der Waals surface area (Å²) in [6.07, 6.45) is 5.31. The van der Waals surface area contributed by atoms with Gasteiger partial charge in [-0.25, -0.2) is 0 Å². The van der Waals surface area contributed by atoms with Gasteiger partial charge < -0.3 is 5.32 Å². The maximum atomic E-state index is 12.1. The Morgan fingerprint density at radius 2 is 2.28 bits per heavy atom. The molecule has 0 aromatic carbocycles. The van der Waals surface area contributed by atoms with Crippen LogP contribution in [0.2, 0.25) is 0 Å². The molecule has 2 rings (SSSR count). The number of carbonyl (C=O) groups excluding carboxylic acids is 1. The van der Waals surface area contributed by atoms with E-state index < -0.39 is 0 Å². The molecular weight excluding hydrogens is 248 g/mol. The SMILES string of the molecule is CC(C)CN1C(=O)/C(=C/c2cnn(C)c2)NC1=S. The first-order valence-electron chi connectivity index (χ1n) is 5.80. The Balaban J connectivity index is 2.19. The molecule has 1 aromatic heterocycles. The van der Waals surface area contributed by atoms with Crippen LogP contribution in [0.3, 0.4) is 0 Å². The Morgan fingerprint density at radius 3 is 2.83 bits per heavy atom. The van der Waals surface area contributed by atoms with Crippen LogP contribution in [0.5, 0.6) is 0 Å². The molecule has 96 valence electrons. The van der Waals surface area contributed by atoms with Crippen LogP contribution >= 0.6 is 12.2 Å². The standard InChI is InChI=1S/C12H16N4OS/c1-8(2)6-16-11(17)10(14-12(16)18)4-9-5-13-15(3)7-9/h4-5,7-8H,6H2,1-3H3,(H,14,18)/b10-4-. The third kappa shape index (κ3) is 2.59. The molecule has 0 bridgehead atoms. The van der Waals surface area contributed by atoms with Crippen molar-refractivity contribution in [3.8, 4) is 0 Å². The maximum Gasteiger partial charge on any atom is 0.276 e. The summed E-state index contributed by atoms with van der Waals surface area (Å²) in [5.74, 6) is 0.309. The van der Waals surface area contributed by atoms with Crippen LogP contribution in [0.25, 0.3) is 6.08 Å². The second-order valence-corrected chi connectivity index (χ2v) is 5.13. The van der Waals surface area contributed by atoms with Crippen LogP contribution in [-0.4, -0.2) is 32.2 Å². The van der Waals surface area contributed by atoms with Gasteiger partial charge in [0.15, 0.2) is 5.11 Å². The molecule has 1 fully saturated rings. The Morgan fingerprint density at radius 1 is 1.56 bits per heavy atom. The van der Waals surface area contributed by atoms with Crippen molar-refractivity contribution in [3.63, 3.8) is 0 Å². The molecular formula is C12H16N4OS. The van der Waals surface area contributed by atoms with Crippen LogP contribution < -0.4 is 5.32 Å². The lowest BCUT2D eigenvalue weighted by Crippen LogP contribution is -2.33. The summed E-state index contributed by atoms with van der Waals surface area (Å²) < 4.78 is 1.69. The Hall–Kier alpha value is -1.69. The first kappa shape index (κ1) is 12.8. The van der Waals surface area contributed by atoms with E-state index in [4.69, 9.17) is 12.2 Å². The van der Waals surface area contributed by atoms with Crippen molar-refractivity contribution in [3.05, 3.63) is 23.7 Å². The van der Waals surface area contributed by atoms with E-state index in [2.05, 4.69) is 24.3 Å². The summed E-state index contributed by atoms with van der Waals surface area (Å²) in [4.78, 5) is 13.7. The number of nitrogens with zero attached hydrogens (tertiary/aromatic N) is 3. The maximum absolute atomic E-state index is 12.1. The number of hydrogen-bond acceptors (Lipinski definition) is 3. The van der Waals surface area contributed by atoms with E-state index in [-0.39, 0.29) is 5.91 Å². The molecule has 2 heterocycles. The quantitative estimate of drug-likeness (QED) is 0.657. The molecule has 0 atom stereocenters. The van der Waals surface area contributed by atoms with Gasteiger partial charge in [-0.05, 0) is 24.2 Å². The molecule has 1 amide bonds. The van der Waals surface area contributed by atoms with E-state index in [1.165, 1.54) is 0 Å². The first-order valence-corrected chi connectivity index (χ1v) is 6.21. The van der Waals surface area contributed by atoms with Crippen molar-refractivity contribution in [2.75, 3.05) is 6.54 Å². The number of hydrogen-bond donors (Lipinski definition) is 1. The number of amides is 1. The van der Waals surface area contributed by atoms with Crippen molar-refractivity contribution in [1.29, 1.82) is 0 Å². The highest BCUT2D eigenvalue weighted by molar-refractivity contribution is 7.80. The average molecular weight is 264 g/mol. The van der Waals surface area contributed by atoms with E-state index in [1.54, 1.807) is 21.9 Å². The fourth-order valence-electron chi connectivity index (χ4n) is 1.78. The van der Waals surface area contributed by atoms with Gasteiger partial charge in [-0.2, -0.15) is 5.10 Å².